The predicted molar refractivity (Wildman–Crippen MR) is 124 cm³/mol. The fourth-order valence-electron chi connectivity index (χ4n) is 3.44. The van der Waals surface area contributed by atoms with Crippen LogP contribution in [0.2, 0.25) is 0 Å². The maximum atomic E-state index is 12.2. The number of carbonyl (C=O) groups excluding carboxylic acids is 1. The number of hydrogen-bond acceptors (Lipinski definition) is 7. The van der Waals surface area contributed by atoms with Crippen molar-refractivity contribution in [2.75, 3.05) is 17.7 Å². The SMILES string of the molecule is [B]C([B])([B])Oc1ccc2oc(-c3cnc(NC)c4cnc(NC(=O)C5CC5)cc34)nc2c1. The van der Waals surface area contributed by atoms with E-state index in [0.717, 1.165) is 23.6 Å². The lowest BCUT2D eigenvalue weighted by atomic mass is 9.52. The predicted octanol–water partition coefficient (Wildman–Crippen LogP) is 2.32. The normalized spacial score (nSPS) is 13.9. The molecule has 6 radical (unpaired) electrons. The van der Waals surface area contributed by atoms with Crippen LogP contribution in [0.15, 0.2) is 41.1 Å². The fraction of sp³-hybridized carbons (Fsp3) is 0.238. The van der Waals surface area contributed by atoms with Gasteiger partial charge in [-0.2, -0.15) is 0 Å². The second-order valence-corrected chi connectivity index (χ2v) is 7.75. The molecule has 8 nitrogen and oxygen atoms in total. The Morgan fingerprint density at radius 2 is 1.97 bits per heavy atom. The molecule has 3 heterocycles. The van der Waals surface area contributed by atoms with Crippen molar-refractivity contribution in [2.24, 2.45) is 5.92 Å². The highest BCUT2D eigenvalue weighted by atomic mass is 16.5. The third kappa shape index (κ3) is 4.02. The van der Waals surface area contributed by atoms with Crippen LogP contribution in [-0.4, -0.2) is 56.7 Å². The summed E-state index contributed by atoms with van der Waals surface area (Å²) in [5.41, 5.74) is 1.71. The monoisotopic (exact) mass is 419 g/mol. The van der Waals surface area contributed by atoms with Gasteiger partial charge in [-0.1, -0.05) is 0 Å². The molecule has 1 amide bonds. The number of aromatic nitrogens is 3. The number of nitrogens with one attached hydrogen (secondary N) is 2. The fourth-order valence-corrected chi connectivity index (χ4v) is 3.44. The van der Waals surface area contributed by atoms with Gasteiger partial charge in [0.2, 0.25) is 11.8 Å². The molecule has 1 aliphatic carbocycles. The Labute approximate surface area is 187 Å². The van der Waals surface area contributed by atoms with E-state index in [2.05, 4.69) is 25.6 Å². The second kappa shape index (κ2) is 7.58. The Bertz CT molecular complexity index is 1350. The largest absolute Gasteiger partial charge is 0.516 e. The van der Waals surface area contributed by atoms with Gasteiger partial charge < -0.3 is 19.8 Å². The Balaban J connectivity index is 1.58. The van der Waals surface area contributed by atoms with Gasteiger partial charge in [0.05, 0.1) is 5.56 Å². The summed E-state index contributed by atoms with van der Waals surface area (Å²) >= 11 is 0. The van der Waals surface area contributed by atoms with Crippen molar-refractivity contribution in [1.82, 2.24) is 15.0 Å². The number of rotatable bonds is 6. The minimum absolute atomic E-state index is 0.0218. The molecule has 5 rings (SSSR count). The first-order valence-electron chi connectivity index (χ1n) is 10.0. The zero-order chi connectivity index (χ0) is 22.5. The summed E-state index contributed by atoms with van der Waals surface area (Å²) in [6.45, 7) is 0. The third-order valence-electron chi connectivity index (χ3n) is 5.09. The molecule has 32 heavy (non-hydrogen) atoms. The number of benzene rings is 1. The Morgan fingerprint density at radius 3 is 2.69 bits per heavy atom. The van der Waals surface area contributed by atoms with Crippen molar-refractivity contribution >= 4 is 63.0 Å². The molecule has 2 N–H and O–H groups in total. The summed E-state index contributed by atoms with van der Waals surface area (Å²) in [6.07, 6.45) is 5.14. The number of oxazole rings is 1. The average Bonchev–Trinajstić information content (AvgIpc) is 3.51. The molecule has 4 aromatic rings. The number of fused-ring (bicyclic) bond motifs is 2. The molecule has 0 atom stereocenters. The average molecular weight is 419 g/mol. The Kier molecular flexibility index (Phi) is 4.84. The molecular formula is C21H16B3N5O3. The molecule has 152 valence electrons. The summed E-state index contributed by atoms with van der Waals surface area (Å²) in [7, 11) is 18.3. The second-order valence-electron chi connectivity index (χ2n) is 7.75. The maximum Gasteiger partial charge on any atom is 0.229 e. The van der Waals surface area contributed by atoms with Gasteiger partial charge in [0.25, 0.3) is 0 Å². The third-order valence-corrected chi connectivity index (χ3v) is 5.09. The molecule has 1 fully saturated rings. The molecule has 3 aromatic heterocycles. The number of anilines is 2. The number of amides is 1. The first kappa shape index (κ1) is 20.4. The van der Waals surface area contributed by atoms with Crippen LogP contribution < -0.4 is 15.4 Å². The van der Waals surface area contributed by atoms with Gasteiger partial charge in [-0.3, -0.25) is 4.79 Å². The number of pyridine rings is 2. The van der Waals surface area contributed by atoms with Gasteiger partial charge in [-0.05, 0) is 36.3 Å². The highest BCUT2D eigenvalue weighted by Crippen LogP contribution is 2.35. The van der Waals surface area contributed by atoms with E-state index in [1.807, 2.05) is 0 Å². The topological polar surface area (TPSA) is 102 Å². The van der Waals surface area contributed by atoms with Gasteiger partial charge in [0.1, 0.15) is 46.4 Å². The summed E-state index contributed by atoms with van der Waals surface area (Å²) in [4.78, 5) is 25.6. The minimum Gasteiger partial charge on any atom is -0.516 e. The first-order valence-corrected chi connectivity index (χ1v) is 10.0. The van der Waals surface area contributed by atoms with Crippen molar-refractivity contribution in [1.29, 1.82) is 0 Å². The van der Waals surface area contributed by atoms with Gasteiger partial charge in [-0.25, -0.2) is 15.0 Å². The molecule has 0 aliphatic heterocycles. The lowest BCUT2D eigenvalue weighted by Gasteiger charge is -2.22. The minimum atomic E-state index is -1.81. The summed E-state index contributed by atoms with van der Waals surface area (Å²) < 4.78 is 11.2. The van der Waals surface area contributed by atoms with Crippen LogP contribution in [0.1, 0.15) is 12.8 Å². The van der Waals surface area contributed by atoms with Gasteiger partial charge >= 0.3 is 0 Å². The van der Waals surface area contributed by atoms with E-state index < -0.39 is 5.30 Å². The van der Waals surface area contributed by atoms with Gasteiger partial charge in [0, 0.05) is 42.2 Å². The van der Waals surface area contributed by atoms with E-state index in [1.54, 1.807) is 43.7 Å². The standard InChI is InChI=1S/C21H16B3N5O3/c1-25-18-13-8-26-17(29-19(30)10-2-3-10)7-12(13)14(9-27-18)20-28-15-6-11(32-21(22,23)24)4-5-16(15)31-20/h4-10H,2-3H2,1H3,(H,25,27)(H,26,29,30). The van der Waals surface area contributed by atoms with Crippen LogP contribution in [0.4, 0.5) is 11.6 Å². The van der Waals surface area contributed by atoms with E-state index in [0.29, 0.717) is 39.9 Å². The molecular weight excluding hydrogens is 403 g/mol. The molecule has 11 heteroatoms. The van der Waals surface area contributed by atoms with Crippen molar-refractivity contribution in [2.45, 2.75) is 18.1 Å². The molecule has 1 aliphatic rings. The van der Waals surface area contributed by atoms with Crippen molar-refractivity contribution < 1.29 is 13.9 Å². The van der Waals surface area contributed by atoms with Crippen molar-refractivity contribution in [3.8, 4) is 17.2 Å². The lowest BCUT2D eigenvalue weighted by molar-refractivity contribution is -0.117. The van der Waals surface area contributed by atoms with E-state index in [9.17, 15) is 4.79 Å². The van der Waals surface area contributed by atoms with Gasteiger partial charge in [0.15, 0.2) is 5.58 Å². The molecule has 0 saturated heterocycles. The first-order chi connectivity index (χ1) is 15.3. The number of carbonyl (C=O) groups is 1. The quantitative estimate of drug-likeness (QED) is 0.463. The van der Waals surface area contributed by atoms with Crippen molar-refractivity contribution in [3.63, 3.8) is 0 Å². The molecule has 0 bridgehead atoms. The summed E-state index contributed by atoms with van der Waals surface area (Å²) in [6, 6.07) is 6.74. The number of ether oxygens (including phenoxy) is 1. The molecule has 0 spiro atoms. The zero-order valence-electron chi connectivity index (χ0n) is 17.3. The van der Waals surface area contributed by atoms with Crippen LogP contribution in [0.5, 0.6) is 5.75 Å². The van der Waals surface area contributed by atoms with Crippen LogP contribution in [0.3, 0.4) is 0 Å². The van der Waals surface area contributed by atoms with Crippen LogP contribution in [-0.2, 0) is 4.79 Å². The van der Waals surface area contributed by atoms with Crippen LogP contribution >= 0.6 is 0 Å². The molecule has 0 unspecified atom stereocenters. The molecule has 1 aromatic carbocycles. The maximum absolute atomic E-state index is 12.2. The zero-order valence-corrected chi connectivity index (χ0v) is 17.3. The summed E-state index contributed by atoms with van der Waals surface area (Å²) in [5.74, 6) is 1.86. The highest BCUT2D eigenvalue weighted by molar-refractivity contribution is 6.58. The summed E-state index contributed by atoms with van der Waals surface area (Å²) in [5, 5.41) is 5.66. The Hall–Kier alpha value is -3.49. The lowest BCUT2D eigenvalue weighted by Crippen LogP contribution is -2.37. The van der Waals surface area contributed by atoms with Crippen LogP contribution in [0.25, 0.3) is 33.3 Å². The number of hydrogen-bond donors (Lipinski definition) is 2. The molecule has 1 saturated carbocycles. The smallest absolute Gasteiger partial charge is 0.229 e. The van der Waals surface area contributed by atoms with E-state index >= 15 is 0 Å². The van der Waals surface area contributed by atoms with Gasteiger partial charge in [-0.15, -0.1) is 0 Å². The van der Waals surface area contributed by atoms with Crippen molar-refractivity contribution in [3.05, 3.63) is 36.7 Å². The van der Waals surface area contributed by atoms with E-state index in [4.69, 9.17) is 32.7 Å². The Morgan fingerprint density at radius 1 is 1.16 bits per heavy atom. The van der Waals surface area contributed by atoms with E-state index in [1.165, 1.54) is 0 Å². The van der Waals surface area contributed by atoms with E-state index in [-0.39, 0.29) is 11.8 Å². The number of nitrogens with zero attached hydrogens (tertiary/aromatic N) is 3. The highest BCUT2D eigenvalue weighted by Gasteiger charge is 2.30. The van der Waals surface area contributed by atoms with Crippen LogP contribution in [0, 0.1) is 5.92 Å².